The topological polar surface area (TPSA) is 29.0 Å². The van der Waals surface area contributed by atoms with Crippen molar-refractivity contribution >= 4 is 5.82 Å². The molecule has 2 heterocycles. The van der Waals surface area contributed by atoms with Crippen LogP contribution in [-0.4, -0.2) is 16.5 Å². The van der Waals surface area contributed by atoms with E-state index >= 15 is 0 Å². The summed E-state index contributed by atoms with van der Waals surface area (Å²) in [5.41, 5.74) is 1.94. The molecule has 0 bridgehead atoms. The predicted octanol–water partition coefficient (Wildman–Crippen LogP) is 2.95. The summed E-state index contributed by atoms with van der Waals surface area (Å²) in [7, 11) is 0. The van der Waals surface area contributed by atoms with Gasteiger partial charge in [0.1, 0.15) is 5.82 Å². The van der Waals surface area contributed by atoms with E-state index in [0.717, 1.165) is 17.9 Å². The molecular formula is C14H16FN3. The maximum absolute atomic E-state index is 13.1. The lowest BCUT2D eigenvalue weighted by Gasteiger charge is -2.21. The van der Waals surface area contributed by atoms with Crippen molar-refractivity contribution < 1.29 is 4.39 Å². The summed E-state index contributed by atoms with van der Waals surface area (Å²) >= 11 is 0. The Morgan fingerprint density at radius 3 is 2.56 bits per heavy atom. The van der Waals surface area contributed by atoms with Crippen molar-refractivity contribution in [2.75, 3.05) is 11.4 Å². The van der Waals surface area contributed by atoms with Crippen molar-refractivity contribution in [2.45, 2.75) is 20.4 Å². The summed E-state index contributed by atoms with van der Waals surface area (Å²) in [4.78, 5) is 10.3. The molecule has 3 nitrogen and oxygen atoms in total. The van der Waals surface area contributed by atoms with E-state index in [-0.39, 0.29) is 0 Å². The first kappa shape index (κ1) is 12.5. The molecule has 0 aliphatic carbocycles. The van der Waals surface area contributed by atoms with Gasteiger partial charge in [-0.3, -0.25) is 4.98 Å². The third-order valence-electron chi connectivity index (χ3n) is 2.70. The lowest BCUT2D eigenvalue weighted by Crippen LogP contribution is -2.23. The van der Waals surface area contributed by atoms with Gasteiger partial charge in [-0.15, -0.1) is 0 Å². The standard InChI is InChI=1S/C14H16FN3/c1-3-18(14-9-5-8-13(15)17-14)10-12-7-4-6-11(2)16-12/h4-9H,3,10H2,1-2H3. The molecule has 2 aromatic rings. The lowest BCUT2D eigenvalue weighted by molar-refractivity contribution is 0.580. The molecule has 0 spiro atoms. The molecule has 4 heteroatoms. The molecule has 2 rings (SSSR count). The van der Waals surface area contributed by atoms with E-state index < -0.39 is 5.95 Å². The van der Waals surface area contributed by atoms with Crippen LogP contribution in [0.3, 0.4) is 0 Å². The second-order valence-electron chi connectivity index (χ2n) is 4.10. The Balaban J connectivity index is 2.19. The van der Waals surface area contributed by atoms with Gasteiger partial charge in [-0.05, 0) is 38.1 Å². The Kier molecular flexibility index (Phi) is 3.87. The van der Waals surface area contributed by atoms with E-state index in [4.69, 9.17) is 0 Å². The first-order valence-corrected chi connectivity index (χ1v) is 5.99. The largest absolute Gasteiger partial charge is 0.351 e. The molecule has 0 saturated heterocycles. The van der Waals surface area contributed by atoms with Gasteiger partial charge in [-0.25, -0.2) is 4.98 Å². The lowest BCUT2D eigenvalue weighted by atomic mass is 10.3. The monoisotopic (exact) mass is 245 g/mol. The molecule has 0 radical (unpaired) electrons. The number of nitrogens with zero attached hydrogens (tertiary/aromatic N) is 3. The third kappa shape index (κ3) is 3.03. The summed E-state index contributed by atoms with van der Waals surface area (Å²) in [6.07, 6.45) is 0. The molecule has 0 fully saturated rings. The Hall–Kier alpha value is -1.97. The van der Waals surface area contributed by atoms with E-state index in [1.807, 2.05) is 43.0 Å². The number of rotatable bonds is 4. The summed E-state index contributed by atoms with van der Waals surface area (Å²) in [5, 5.41) is 0. The predicted molar refractivity (Wildman–Crippen MR) is 69.9 cm³/mol. The van der Waals surface area contributed by atoms with Crippen molar-refractivity contribution in [1.29, 1.82) is 0 Å². The van der Waals surface area contributed by atoms with Crippen molar-refractivity contribution in [3.63, 3.8) is 0 Å². The normalized spacial score (nSPS) is 10.4. The van der Waals surface area contributed by atoms with Crippen molar-refractivity contribution in [3.8, 4) is 0 Å². The van der Waals surface area contributed by atoms with Gasteiger partial charge >= 0.3 is 0 Å². The number of hydrogen-bond donors (Lipinski definition) is 0. The van der Waals surface area contributed by atoms with Gasteiger partial charge in [0.25, 0.3) is 0 Å². The van der Waals surface area contributed by atoms with Crippen LogP contribution in [0.15, 0.2) is 36.4 Å². The number of pyridine rings is 2. The molecule has 0 atom stereocenters. The molecule has 0 aromatic carbocycles. The van der Waals surface area contributed by atoms with Crippen LogP contribution < -0.4 is 4.90 Å². The van der Waals surface area contributed by atoms with Gasteiger partial charge in [-0.1, -0.05) is 12.1 Å². The highest BCUT2D eigenvalue weighted by atomic mass is 19.1. The Morgan fingerprint density at radius 1 is 1.11 bits per heavy atom. The molecule has 0 N–H and O–H groups in total. The van der Waals surface area contributed by atoms with E-state index in [9.17, 15) is 4.39 Å². The highest BCUT2D eigenvalue weighted by molar-refractivity contribution is 5.38. The van der Waals surface area contributed by atoms with Crippen LogP contribution in [0.4, 0.5) is 10.2 Å². The van der Waals surface area contributed by atoms with Gasteiger partial charge < -0.3 is 4.90 Å². The van der Waals surface area contributed by atoms with Crippen LogP contribution >= 0.6 is 0 Å². The zero-order valence-corrected chi connectivity index (χ0v) is 10.6. The zero-order chi connectivity index (χ0) is 13.0. The Labute approximate surface area is 106 Å². The number of anilines is 1. The minimum atomic E-state index is -0.455. The Bertz CT molecular complexity index is 528. The summed E-state index contributed by atoms with van der Waals surface area (Å²) in [6.45, 7) is 5.36. The number of aromatic nitrogens is 2. The van der Waals surface area contributed by atoms with E-state index in [0.29, 0.717) is 12.4 Å². The molecule has 0 aliphatic heterocycles. The average molecular weight is 245 g/mol. The molecule has 18 heavy (non-hydrogen) atoms. The zero-order valence-electron chi connectivity index (χ0n) is 10.6. The second kappa shape index (κ2) is 5.58. The number of aryl methyl sites for hydroxylation is 1. The van der Waals surface area contributed by atoms with Gasteiger partial charge in [0.05, 0.1) is 12.2 Å². The first-order valence-electron chi connectivity index (χ1n) is 5.99. The SMILES string of the molecule is CCN(Cc1cccc(C)n1)c1cccc(F)n1. The van der Waals surface area contributed by atoms with Crippen molar-refractivity contribution in [2.24, 2.45) is 0 Å². The number of hydrogen-bond acceptors (Lipinski definition) is 3. The highest BCUT2D eigenvalue weighted by Crippen LogP contribution is 2.13. The third-order valence-corrected chi connectivity index (χ3v) is 2.70. The second-order valence-corrected chi connectivity index (χ2v) is 4.10. The molecule has 0 aliphatic rings. The van der Waals surface area contributed by atoms with Crippen LogP contribution in [0, 0.1) is 12.9 Å². The van der Waals surface area contributed by atoms with E-state index in [2.05, 4.69) is 9.97 Å². The first-order chi connectivity index (χ1) is 8.69. The average Bonchev–Trinajstić information content (AvgIpc) is 2.36. The fourth-order valence-electron chi connectivity index (χ4n) is 1.81. The van der Waals surface area contributed by atoms with Crippen LogP contribution in [0.25, 0.3) is 0 Å². The molecular weight excluding hydrogens is 229 g/mol. The van der Waals surface area contributed by atoms with Crippen LogP contribution in [0.2, 0.25) is 0 Å². The smallest absolute Gasteiger partial charge is 0.214 e. The molecule has 0 amide bonds. The molecule has 0 unspecified atom stereocenters. The van der Waals surface area contributed by atoms with Crippen LogP contribution in [0.5, 0.6) is 0 Å². The maximum Gasteiger partial charge on any atom is 0.214 e. The van der Waals surface area contributed by atoms with Gasteiger partial charge in [0.2, 0.25) is 5.95 Å². The molecule has 94 valence electrons. The van der Waals surface area contributed by atoms with Gasteiger partial charge in [0.15, 0.2) is 0 Å². The highest BCUT2D eigenvalue weighted by Gasteiger charge is 2.08. The minimum Gasteiger partial charge on any atom is -0.351 e. The van der Waals surface area contributed by atoms with E-state index in [1.165, 1.54) is 6.07 Å². The fraction of sp³-hybridized carbons (Fsp3) is 0.286. The Morgan fingerprint density at radius 2 is 1.89 bits per heavy atom. The van der Waals surface area contributed by atoms with E-state index in [1.54, 1.807) is 6.07 Å². The molecule has 2 aromatic heterocycles. The summed E-state index contributed by atoms with van der Waals surface area (Å²) < 4.78 is 13.1. The van der Waals surface area contributed by atoms with Gasteiger partial charge in [0, 0.05) is 12.2 Å². The quantitative estimate of drug-likeness (QED) is 0.775. The maximum atomic E-state index is 13.1. The van der Waals surface area contributed by atoms with Crippen molar-refractivity contribution in [1.82, 2.24) is 9.97 Å². The van der Waals surface area contributed by atoms with Crippen LogP contribution in [0.1, 0.15) is 18.3 Å². The fourth-order valence-corrected chi connectivity index (χ4v) is 1.81. The summed E-state index contributed by atoms with van der Waals surface area (Å²) in [6, 6.07) is 10.7. The van der Waals surface area contributed by atoms with Crippen molar-refractivity contribution in [3.05, 3.63) is 53.7 Å². The molecule has 0 saturated carbocycles. The summed E-state index contributed by atoms with van der Waals surface area (Å²) in [5.74, 6) is 0.184. The number of halogens is 1. The van der Waals surface area contributed by atoms with Crippen LogP contribution in [-0.2, 0) is 6.54 Å². The van der Waals surface area contributed by atoms with Gasteiger partial charge in [-0.2, -0.15) is 4.39 Å². The minimum absolute atomic E-state index is 0.455.